The number of hydrogen-bond acceptors (Lipinski definition) is 4. The molecule has 1 N–H and O–H groups in total. The van der Waals surface area contributed by atoms with Crippen molar-refractivity contribution >= 4 is 47.2 Å². The number of rotatable bonds is 13. The van der Waals surface area contributed by atoms with Crippen LogP contribution in [-0.2, 0) is 9.53 Å². The molecule has 1 heterocycles. The predicted molar refractivity (Wildman–Crippen MR) is 119 cm³/mol. The number of likely N-dealkylation sites (tertiary alicyclic amines) is 1. The Morgan fingerprint density at radius 2 is 1.59 bits per heavy atom. The average molecular weight is 473 g/mol. The Morgan fingerprint density at radius 1 is 1.03 bits per heavy atom. The van der Waals surface area contributed by atoms with Crippen molar-refractivity contribution in [3.63, 3.8) is 0 Å². The highest BCUT2D eigenvalue weighted by Crippen LogP contribution is 2.30. The zero-order valence-corrected chi connectivity index (χ0v) is 19.7. The monoisotopic (exact) mass is 471 g/mol. The zero-order chi connectivity index (χ0) is 21.7. The van der Waals surface area contributed by atoms with E-state index in [1.165, 1.54) is 32.1 Å². The van der Waals surface area contributed by atoms with E-state index in [-0.39, 0.29) is 18.7 Å². The van der Waals surface area contributed by atoms with Crippen LogP contribution in [0.15, 0.2) is 0 Å². The van der Waals surface area contributed by atoms with E-state index in [0.29, 0.717) is 12.8 Å². The Labute approximate surface area is 190 Å². The third kappa shape index (κ3) is 11.7. The van der Waals surface area contributed by atoms with E-state index in [1.54, 1.807) is 4.90 Å². The van der Waals surface area contributed by atoms with Crippen molar-refractivity contribution in [3.8, 4) is 0 Å². The number of aldehydes is 1. The van der Waals surface area contributed by atoms with Crippen LogP contribution in [0.4, 0.5) is 4.79 Å². The Kier molecular flexibility index (Phi) is 13.6. The maximum Gasteiger partial charge on any atom is 0.410 e. The van der Waals surface area contributed by atoms with Crippen LogP contribution in [0, 0.1) is 0 Å². The van der Waals surface area contributed by atoms with Crippen LogP contribution in [0.5, 0.6) is 0 Å². The summed E-state index contributed by atoms with van der Waals surface area (Å²) in [6.07, 6.45) is 13.4. The number of carbonyl (C=O) groups is 2. The molecule has 0 unspecified atom stereocenters. The first-order valence-electron chi connectivity index (χ1n) is 10.9. The minimum atomic E-state index is -1.64. The summed E-state index contributed by atoms with van der Waals surface area (Å²) in [7, 11) is 0. The van der Waals surface area contributed by atoms with E-state index >= 15 is 0 Å². The lowest BCUT2D eigenvalue weighted by molar-refractivity contribution is -0.107. The number of nitrogens with zero attached hydrogens (tertiary/aromatic N) is 1. The van der Waals surface area contributed by atoms with Gasteiger partial charge >= 0.3 is 6.09 Å². The molecule has 8 heteroatoms. The topological polar surface area (TPSA) is 66.8 Å². The summed E-state index contributed by atoms with van der Waals surface area (Å²) < 4.78 is 3.52. The average Bonchev–Trinajstić information content (AvgIpc) is 2.66. The standard InChI is InChI=1S/C21H36Cl3NO4/c1-17-19(27)14-13-18(25(17)20(28)29-16-21(22,23)24)12-10-8-6-4-2-3-5-7-9-11-15-26/h15,17-19,27H,2-14,16H2,1H3/t17-,18+,19-/m0/s1. The van der Waals surface area contributed by atoms with Crippen LogP contribution in [-0.4, -0.2) is 51.0 Å². The van der Waals surface area contributed by atoms with Gasteiger partial charge in [0.15, 0.2) is 0 Å². The molecule has 0 radical (unpaired) electrons. The number of amides is 1. The fraction of sp³-hybridized carbons (Fsp3) is 0.905. The molecular weight excluding hydrogens is 437 g/mol. The van der Waals surface area contributed by atoms with Crippen molar-refractivity contribution in [1.29, 1.82) is 0 Å². The highest BCUT2D eigenvalue weighted by atomic mass is 35.6. The minimum Gasteiger partial charge on any atom is -0.445 e. The Hall–Kier alpha value is -0.230. The fourth-order valence-electron chi connectivity index (χ4n) is 3.92. The molecule has 1 amide bonds. The minimum absolute atomic E-state index is 0.0501. The summed E-state index contributed by atoms with van der Waals surface area (Å²) in [5, 5.41) is 10.2. The second-order valence-corrected chi connectivity index (χ2v) is 10.6. The Morgan fingerprint density at radius 3 is 2.14 bits per heavy atom. The molecule has 1 saturated heterocycles. The lowest BCUT2D eigenvalue weighted by Crippen LogP contribution is -2.55. The van der Waals surface area contributed by atoms with Crippen LogP contribution >= 0.6 is 34.8 Å². The van der Waals surface area contributed by atoms with Crippen LogP contribution in [0.25, 0.3) is 0 Å². The van der Waals surface area contributed by atoms with Gasteiger partial charge in [0.05, 0.1) is 12.1 Å². The number of unbranched alkanes of at least 4 members (excludes halogenated alkanes) is 9. The third-order valence-corrected chi connectivity index (χ3v) is 5.94. The molecular formula is C21H36Cl3NO4. The number of aliphatic hydroxyl groups excluding tert-OH is 1. The molecule has 0 saturated carbocycles. The maximum atomic E-state index is 12.5. The van der Waals surface area contributed by atoms with Gasteiger partial charge in [-0.25, -0.2) is 4.79 Å². The molecule has 0 aliphatic carbocycles. The number of ether oxygens (including phenoxy) is 1. The summed E-state index contributed by atoms with van der Waals surface area (Å²) >= 11 is 17.0. The fourth-order valence-corrected chi connectivity index (χ4v) is 4.09. The molecule has 1 rings (SSSR count). The summed E-state index contributed by atoms with van der Waals surface area (Å²) in [4.78, 5) is 24.4. The van der Waals surface area contributed by atoms with Gasteiger partial charge in [0.2, 0.25) is 3.79 Å². The van der Waals surface area contributed by atoms with E-state index < -0.39 is 16.0 Å². The summed E-state index contributed by atoms with van der Waals surface area (Å²) in [5.41, 5.74) is 0. The van der Waals surface area contributed by atoms with Crippen LogP contribution in [0.2, 0.25) is 0 Å². The molecule has 170 valence electrons. The normalized spacial score (nSPS) is 22.5. The number of piperidine rings is 1. The summed E-state index contributed by atoms with van der Waals surface area (Å²) in [6.45, 7) is 1.53. The smallest absolute Gasteiger partial charge is 0.410 e. The van der Waals surface area contributed by atoms with Gasteiger partial charge in [-0.3, -0.25) is 4.90 Å². The van der Waals surface area contributed by atoms with E-state index in [9.17, 15) is 14.7 Å². The Balaban J connectivity index is 2.27. The lowest BCUT2D eigenvalue weighted by Gasteiger charge is -2.42. The number of carbonyl (C=O) groups excluding carboxylic acids is 2. The predicted octanol–water partition coefficient (Wildman–Crippen LogP) is 6.20. The van der Waals surface area contributed by atoms with E-state index in [2.05, 4.69) is 0 Å². The van der Waals surface area contributed by atoms with Gasteiger partial charge in [-0.1, -0.05) is 86.2 Å². The molecule has 1 aliphatic rings. The van der Waals surface area contributed by atoms with Crippen LogP contribution in [0.1, 0.15) is 90.4 Å². The summed E-state index contributed by atoms with van der Waals surface area (Å²) in [5.74, 6) is 0. The van der Waals surface area contributed by atoms with Gasteiger partial charge in [-0.15, -0.1) is 0 Å². The van der Waals surface area contributed by atoms with Crippen molar-refractivity contribution in [1.82, 2.24) is 4.90 Å². The van der Waals surface area contributed by atoms with Crippen LogP contribution < -0.4 is 0 Å². The maximum absolute atomic E-state index is 12.5. The van der Waals surface area contributed by atoms with Gasteiger partial charge in [-0.2, -0.15) is 0 Å². The zero-order valence-electron chi connectivity index (χ0n) is 17.5. The van der Waals surface area contributed by atoms with Crippen molar-refractivity contribution in [2.45, 2.75) is 112 Å². The largest absolute Gasteiger partial charge is 0.445 e. The number of hydrogen-bond donors (Lipinski definition) is 1. The van der Waals surface area contributed by atoms with Gasteiger partial charge in [0, 0.05) is 12.5 Å². The Bertz CT molecular complexity index is 473. The molecule has 0 bridgehead atoms. The quantitative estimate of drug-likeness (QED) is 0.197. The van der Waals surface area contributed by atoms with Crippen molar-refractivity contribution in [3.05, 3.63) is 0 Å². The second kappa shape index (κ2) is 14.7. The van der Waals surface area contributed by atoms with Gasteiger partial charge < -0.3 is 14.6 Å². The highest BCUT2D eigenvalue weighted by Gasteiger charge is 2.38. The molecule has 1 aliphatic heterocycles. The lowest BCUT2D eigenvalue weighted by atomic mass is 9.91. The van der Waals surface area contributed by atoms with Crippen molar-refractivity contribution < 1.29 is 19.4 Å². The molecule has 0 aromatic rings. The van der Waals surface area contributed by atoms with Crippen molar-refractivity contribution in [2.75, 3.05) is 6.61 Å². The molecule has 5 nitrogen and oxygen atoms in total. The highest BCUT2D eigenvalue weighted by molar-refractivity contribution is 6.67. The number of aliphatic hydroxyl groups is 1. The SMILES string of the molecule is C[C@H]1[C@@H](O)CC[C@@H](CCCCCCCCCCCC=O)N1C(=O)OCC(Cl)(Cl)Cl. The first-order valence-corrected chi connectivity index (χ1v) is 12.0. The molecule has 0 aromatic heterocycles. The van der Waals surface area contributed by atoms with E-state index in [0.717, 1.165) is 44.8 Å². The molecule has 0 spiro atoms. The first-order chi connectivity index (χ1) is 13.8. The molecule has 3 atom stereocenters. The molecule has 0 aromatic carbocycles. The van der Waals surface area contributed by atoms with E-state index in [1.807, 2.05) is 6.92 Å². The number of alkyl halides is 3. The van der Waals surface area contributed by atoms with Crippen molar-refractivity contribution in [2.24, 2.45) is 0 Å². The molecule has 1 fully saturated rings. The van der Waals surface area contributed by atoms with Gasteiger partial charge in [0.25, 0.3) is 0 Å². The third-order valence-electron chi connectivity index (χ3n) is 5.61. The first kappa shape index (κ1) is 26.8. The van der Waals surface area contributed by atoms with Crippen LogP contribution in [0.3, 0.4) is 0 Å². The second-order valence-electron chi connectivity index (χ2n) is 8.04. The van der Waals surface area contributed by atoms with Gasteiger partial charge in [-0.05, 0) is 32.6 Å². The van der Waals surface area contributed by atoms with E-state index in [4.69, 9.17) is 39.5 Å². The number of halogens is 3. The van der Waals surface area contributed by atoms with Gasteiger partial charge in [0.1, 0.15) is 12.9 Å². The molecule has 29 heavy (non-hydrogen) atoms. The summed E-state index contributed by atoms with van der Waals surface area (Å²) in [6, 6.07) is -0.259.